The SMILES string of the molecule is Cc1cc2c3c([n+](C)ccc3c1)-c1c(cc3ccoc3c1C)O2. The number of pyridine rings is 1. The van der Waals surface area contributed by atoms with Crippen molar-refractivity contribution in [1.29, 1.82) is 0 Å². The summed E-state index contributed by atoms with van der Waals surface area (Å²) in [4.78, 5) is 0. The first-order valence-electron chi connectivity index (χ1n) is 7.75. The second-order valence-corrected chi connectivity index (χ2v) is 6.32. The van der Waals surface area contributed by atoms with Crippen LogP contribution in [0.15, 0.2) is 47.2 Å². The second kappa shape index (κ2) is 4.13. The zero-order chi connectivity index (χ0) is 15.7. The molecule has 0 aliphatic carbocycles. The summed E-state index contributed by atoms with van der Waals surface area (Å²) in [6.45, 7) is 4.21. The summed E-state index contributed by atoms with van der Waals surface area (Å²) in [5.74, 6) is 1.83. The summed E-state index contributed by atoms with van der Waals surface area (Å²) in [5, 5.41) is 3.45. The van der Waals surface area contributed by atoms with Crippen LogP contribution in [0, 0.1) is 13.8 Å². The fourth-order valence-corrected chi connectivity index (χ4v) is 3.73. The molecule has 0 amide bonds. The molecule has 112 valence electrons. The Labute approximate surface area is 133 Å². The average molecular weight is 302 g/mol. The summed E-state index contributed by atoms with van der Waals surface area (Å²) in [7, 11) is 2.08. The molecule has 0 fully saturated rings. The summed E-state index contributed by atoms with van der Waals surface area (Å²) < 4.78 is 14.2. The molecule has 0 spiro atoms. The molecule has 5 rings (SSSR count). The molecule has 1 aliphatic heterocycles. The lowest BCUT2D eigenvalue weighted by molar-refractivity contribution is -0.659. The van der Waals surface area contributed by atoms with Crippen molar-refractivity contribution in [1.82, 2.24) is 0 Å². The lowest BCUT2D eigenvalue weighted by atomic mass is 9.94. The first kappa shape index (κ1) is 12.7. The molecule has 0 atom stereocenters. The third-order valence-electron chi connectivity index (χ3n) is 4.75. The van der Waals surface area contributed by atoms with E-state index in [0.29, 0.717) is 0 Å². The number of aromatic nitrogens is 1. The molecule has 1 aliphatic rings. The monoisotopic (exact) mass is 302 g/mol. The van der Waals surface area contributed by atoms with E-state index in [1.54, 1.807) is 6.26 Å². The Kier molecular flexibility index (Phi) is 2.28. The third-order valence-corrected chi connectivity index (χ3v) is 4.75. The van der Waals surface area contributed by atoms with E-state index in [0.717, 1.165) is 33.6 Å². The Bertz CT molecular complexity index is 1120. The minimum atomic E-state index is 0.901. The number of hydrogen-bond acceptors (Lipinski definition) is 2. The smallest absolute Gasteiger partial charge is 0.228 e. The topological polar surface area (TPSA) is 26.2 Å². The lowest BCUT2D eigenvalue weighted by Crippen LogP contribution is -2.31. The van der Waals surface area contributed by atoms with E-state index in [4.69, 9.17) is 9.15 Å². The summed E-state index contributed by atoms with van der Waals surface area (Å²) >= 11 is 0. The number of hydrogen-bond donors (Lipinski definition) is 0. The van der Waals surface area contributed by atoms with Gasteiger partial charge in [-0.1, -0.05) is 6.07 Å². The van der Waals surface area contributed by atoms with Crippen LogP contribution in [0.4, 0.5) is 0 Å². The summed E-state index contributed by atoms with van der Waals surface area (Å²) in [6.07, 6.45) is 3.85. The quantitative estimate of drug-likeness (QED) is 0.384. The van der Waals surface area contributed by atoms with E-state index < -0.39 is 0 Å². The molecule has 23 heavy (non-hydrogen) atoms. The number of ether oxygens (including phenoxy) is 1. The van der Waals surface area contributed by atoms with Gasteiger partial charge in [-0.25, -0.2) is 4.57 Å². The van der Waals surface area contributed by atoms with Gasteiger partial charge in [0.15, 0.2) is 6.20 Å². The summed E-state index contributed by atoms with van der Waals surface area (Å²) in [6, 6.07) is 10.5. The van der Waals surface area contributed by atoms with Gasteiger partial charge >= 0.3 is 0 Å². The van der Waals surface area contributed by atoms with Gasteiger partial charge in [-0.3, -0.25) is 0 Å². The predicted octanol–water partition coefficient (Wildman–Crippen LogP) is 4.80. The number of benzene rings is 2. The molecular weight excluding hydrogens is 286 g/mol. The molecule has 3 heterocycles. The van der Waals surface area contributed by atoms with Gasteiger partial charge in [-0.2, -0.15) is 0 Å². The van der Waals surface area contributed by atoms with Crippen molar-refractivity contribution in [2.75, 3.05) is 0 Å². The van der Waals surface area contributed by atoms with Crippen LogP contribution in [0.1, 0.15) is 11.1 Å². The normalized spacial score (nSPS) is 12.5. The molecule has 0 radical (unpaired) electrons. The molecule has 3 nitrogen and oxygen atoms in total. The molecule has 4 aromatic rings. The van der Waals surface area contributed by atoms with Gasteiger partial charge in [0.2, 0.25) is 5.69 Å². The zero-order valence-corrected chi connectivity index (χ0v) is 13.3. The maximum absolute atomic E-state index is 6.29. The highest BCUT2D eigenvalue weighted by Crippen LogP contribution is 2.48. The molecule has 2 aromatic carbocycles. The van der Waals surface area contributed by atoms with Gasteiger partial charge in [-0.05, 0) is 43.0 Å². The Hall–Kier alpha value is -2.81. The highest BCUT2D eigenvalue weighted by molar-refractivity contribution is 6.04. The fraction of sp³-hybridized carbons (Fsp3) is 0.150. The van der Waals surface area contributed by atoms with Crippen molar-refractivity contribution in [3.05, 3.63) is 53.9 Å². The number of furan rings is 1. The van der Waals surface area contributed by atoms with Gasteiger partial charge in [0.25, 0.3) is 0 Å². The Balaban J connectivity index is 2.02. The van der Waals surface area contributed by atoms with Crippen LogP contribution in [-0.4, -0.2) is 0 Å². The highest BCUT2D eigenvalue weighted by atomic mass is 16.5. The first-order chi connectivity index (χ1) is 11.1. The van der Waals surface area contributed by atoms with Crippen LogP contribution in [-0.2, 0) is 7.05 Å². The van der Waals surface area contributed by atoms with Crippen LogP contribution < -0.4 is 9.30 Å². The van der Waals surface area contributed by atoms with Crippen molar-refractivity contribution < 1.29 is 13.7 Å². The van der Waals surface area contributed by atoms with Crippen LogP contribution in [0.2, 0.25) is 0 Å². The van der Waals surface area contributed by atoms with Gasteiger partial charge in [0.1, 0.15) is 24.1 Å². The van der Waals surface area contributed by atoms with Crippen molar-refractivity contribution in [3.8, 4) is 22.8 Å². The number of aryl methyl sites for hydroxylation is 3. The Morgan fingerprint density at radius 3 is 2.70 bits per heavy atom. The standard InChI is InChI=1S/C20H16NO2/c1-11-8-13-4-6-21(3)19-17-12(2)20-14(5-7-22-20)10-16(17)23-15(9-11)18(13)19/h4-10H,1-3H3/q+1. The van der Waals surface area contributed by atoms with Crippen LogP contribution in [0.5, 0.6) is 11.5 Å². The van der Waals surface area contributed by atoms with E-state index in [-0.39, 0.29) is 0 Å². The fourth-order valence-electron chi connectivity index (χ4n) is 3.73. The van der Waals surface area contributed by atoms with Crippen molar-refractivity contribution in [2.45, 2.75) is 13.8 Å². The third kappa shape index (κ3) is 1.57. The van der Waals surface area contributed by atoms with Crippen LogP contribution >= 0.6 is 0 Å². The molecule has 0 unspecified atom stereocenters. The largest absolute Gasteiger partial charge is 0.464 e. The van der Waals surface area contributed by atoms with E-state index in [1.807, 2.05) is 6.07 Å². The van der Waals surface area contributed by atoms with Crippen molar-refractivity contribution in [3.63, 3.8) is 0 Å². The van der Waals surface area contributed by atoms with Crippen molar-refractivity contribution >= 4 is 21.7 Å². The second-order valence-electron chi connectivity index (χ2n) is 6.32. The van der Waals surface area contributed by atoms with Crippen molar-refractivity contribution in [2.24, 2.45) is 7.05 Å². The van der Waals surface area contributed by atoms with Gasteiger partial charge in [-0.15, -0.1) is 0 Å². The predicted molar refractivity (Wildman–Crippen MR) is 89.9 cm³/mol. The molecule has 0 bridgehead atoms. The van der Waals surface area contributed by atoms with Crippen LogP contribution in [0.3, 0.4) is 0 Å². The maximum Gasteiger partial charge on any atom is 0.228 e. The Morgan fingerprint density at radius 2 is 1.83 bits per heavy atom. The maximum atomic E-state index is 6.29. The van der Waals surface area contributed by atoms with Gasteiger partial charge < -0.3 is 9.15 Å². The molecular formula is C20H16NO2+. The molecule has 3 heteroatoms. The number of nitrogens with zero attached hydrogens (tertiary/aromatic N) is 1. The lowest BCUT2D eigenvalue weighted by Gasteiger charge is -2.21. The van der Waals surface area contributed by atoms with E-state index >= 15 is 0 Å². The van der Waals surface area contributed by atoms with E-state index in [2.05, 4.69) is 55.9 Å². The molecule has 0 saturated carbocycles. The van der Waals surface area contributed by atoms with E-state index in [1.165, 1.54) is 22.0 Å². The first-order valence-corrected chi connectivity index (χ1v) is 7.75. The van der Waals surface area contributed by atoms with Crippen LogP contribution in [0.25, 0.3) is 33.0 Å². The average Bonchev–Trinajstić information content (AvgIpc) is 2.98. The highest BCUT2D eigenvalue weighted by Gasteiger charge is 2.30. The number of rotatable bonds is 0. The van der Waals surface area contributed by atoms with Gasteiger partial charge in [0, 0.05) is 17.0 Å². The molecule has 0 N–H and O–H groups in total. The zero-order valence-electron chi connectivity index (χ0n) is 13.3. The Morgan fingerprint density at radius 1 is 0.957 bits per heavy atom. The molecule has 2 aromatic heterocycles. The minimum absolute atomic E-state index is 0.901. The van der Waals surface area contributed by atoms with Gasteiger partial charge in [0.05, 0.1) is 17.2 Å². The minimum Gasteiger partial charge on any atom is -0.464 e. The number of fused-ring (bicyclic) bond motifs is 3. The van der Waals surface area contributed by atoms with E-state index in [9.17, 15) is 0 Å². The molecule has 0 saturated heterocycles. The summed E-state index contributed by atoms with van der Waals surface area (Å²) in [5.41, 5.74) is 5.57.